The molecule has 1 heterocycles. The molecule has 1 unspecified atom stereocenters. The number of methoxy groups -OCH3 is 2. The Kier molecular flexibility index (Phi) is 9.49. The Hall–Kier alpha value is -3.10. The summed E-state index contributed by atoms with van der Waals surface area (Å²) in [6.07, 6.45) is 2.52. The number of nitrogens with zero attached hydrogens (tertiary/aromatic N) is 1. The van der Waals surface area contributed by atoms with Crippen molar-refractivity contribution in [2.24, 2.45) is 5.92 Å². The van der Waals surface area contributed by atoms with Crippen molar-refractivity contribution in [2.75, 3.05) is 27.3 Å². The van der Waals surface area contributed by atoms with Gasteiger partial charge < -0.3 is 29.8 Å². The molecule has 1 aromatic rings. The molecule has 3 amide bonds. The fourth-order valence-corrected chi connectivity index (χ4v) is 3.79. The van der Waals surface area contributed by atoms with E-state index in [9.17, 15) is 19.2 Å². The third-order valence-electron chi connectivity index (χ3n) is 5.54. The number of ether oxygens (including phenoxy) is 2. The van der Waals surface area contributed by atoms with Gasteiger partial charge in [0.25, 0.3) is 0 Å². The van der Waals surface area contributed by atoms with Crippen molar-refractivity contribution in [1.29, 1.82) is 0 Å². The van der Waals surface area contributed by atoms with E-state index < -0.39 is 12.1 Å². The maximum atomic E-state index is 13.2. The standard InChI is InChI=1S/C23H33N3O6/c1-15(2)21(23(30)26-12-5-6-17(26)22(29)24-11-13-27)25-20(28)10-8-16-7-9-18(31-3)19(14-16)32-4/h7,9,13-15,17,21H,5-6,8,10-12H2,1-4H3,(H,24,29)(H,25,28)/t17-,21?/m0/s1. The molecule has 1 aliphatic rings. The molecule has 2 atom stereocenters. The molecule has 0 saturated carbocycles. The molecule has 32 heavy (non-hydrogen) atoms. The highest BCUT2D eigenvalue weighted by Gasteiger charge is 2.38. The van der Waals surface area contributed by atoms with Gasteiger partial charge in [-0.3, -0.25) is 14.4 Å². The normalized spacial score (nSPS) is 16.4. The number of aldehydes is 1. The van der Waals surface area contributed by atoms with Gasteiger partial charge in [0.2, 0.25) is 17.7 Å². The fraction of sp³-hybridized carbons (Fsp3) is 0.565. The second-order valence-corrected chi connectivity index (χ2v) is 8.08. The summed E-state index contributed by atoms with van der Waals surface area (Å²) in [5, 5.41) is 5.36. The van der Waals surface area contributed by atoms with E-state index in [1.54, 1.807) is 20.3 Å². The molecule has 0 radical (unpaired) electrons. The Balaban J connectivity index is 2.00. The first kappa shape index (κ1) is 25.2. The van der Waals surface area contributed by atoms with Crippen molar-refractivity contribution in [3.8, 4) is 11.5 Å². The first-order chi connectivity index (χ1) is 15.3. The van der Waals surface area contributed by atoms with Gasteiger partial charge in [-0.2, -0.15) is 0 Å². The number of hydrogen-bond donors (Lipinski definition) is 2. The molecule has 0 aliphatic carbocycles. The molecule has 1 aromatic carbocycles. The van der Waals surface area contributed by atoms with Crippen LogP contribution in [-0.4, -0.2) is 68.3 Å². The zero-order valence-corrected chi connectivity index (χ0v) is 19.2. The topological polar surface area (TPSA) is 114 Å². The lowest BCUT2D eigenvalue weighted by molar-refractivity contribution is -0.142. The second kappa shape index (κ2) is 12.1. The van der Waals surface area contributed by atoms with Crippen LogP contribution >= 0.6 is 0 Å². The SMILES string of the molecule is COc1ccc(CCC(=O)NC(C(=O)N2CCC[C@H]2C(=O)NCC=O)C(C)C)cc1OC. The third kappa shape index (κ3) is 6.45. The minimum Gasteiger partial charge on any atom is -0.493 e. The van der Waals surface area contributed by atoms with Crippen molar-refractivity contribution >= 4 is 24.0 Å². The number of nitrogens with one attached hydrogen (secondary N) is 2. The zero-order chi connectivity index (χ0) is 23.7. The molecule has 2 rings (SSSR count). The molecule has 1 aliphatic heterocycles. The molecule has 9 heteroatoms. The monoisotopic (exact) mass is 447 g/mol. The number of carbonyl (C=O) groups is 4. The summed E-state index contributed by atoms with van der Waals surface area (Å²) in [4.78, 5) is 50.2. The largest absolute Gasteiger partial charge is 0.493 e. The Morgan fingerprint density at radius 3 is 2.53 bits per heavy atom. The highest BCUT2D eigenvalue weighted by molar-refractivity contribution is 5.93. The summed E-state index contributed by atoms with van der Waals surface area (Å²) < 4.78 is 10.5. The molecule has 176 valence electrons. The summed E-state index contributed by atoms with van der Waals surface area (Å²) in [5.41, 5.74) is 0.914. The minimum atomic E-state index is -0.729. The number of hydrogen-bond acceptors (Lipinski definition) is 6. The van der Waals surface area contributed by atoms with E-state index in [2.05, 4.69) is 10.6 Å². The Morgan fingerprint density at radius 2 is 1.91 bits per heavy atom. The van der Waals surface area contributed by atoms with Crippen LogP contribution in [0.5, 0.6) is 11.5 Å². The van der Waals surface area contributed by atoms with Crippen molar-refractivity contribution in [2.45, 2.75) is 51.6 Å². The molecule has 1 saturated heterocycles. The Morgan fingerprint density at radius 1 is 1.19 bits per heavy atom. The molecule has 2 N–H and O–H groups in total. The van der Waals surface area contributed by atoms with Crippen LogP contribution < -0.4 is 20.1 Å². The quantitative estimate of drug-likeness (QED) is 0.491. The number of carbonyl (C=O) groups excluding carboxylic acids is 4. The summed E-state index contributed by atoms with van der Waals surface area (Å²) in [6.45, 7) is 4.07. The van der Waals surface area contributed by atoms with E-state index >= 15 is 0 Å². The predicted octanol–water partition coefficient (Wildman–Crippen LogP) is 1.08. The molecular formula is C23H33N3O6. The zero-order valence-electron chi connectivity index (χ0n) is 19.2. The smallest absolute Gasteiger partial charge is 0.246 e. The Bertz CT molecular complexity index is 826. The van der Waals surface area contributed by atoms with Crippen molar-refractivity contribution in [3.05, 3.63) is 23.8 Å². The highest BCUT2D eigenvalue weighted by Crippen LogP contribution is 2.28. The van der Waals surface area contributed by atoms with Crippen LogP contribution in [0.25, 0.3) is 0 Å². The highest BCUT2D eigenvalue weighted by atomic mass is 16.5. The van der Waals surface area contributed by atoms with Crippen LogP contribution in [0.2, 0.25) is 0 Å². The van der Waals surface area contributed by atoms with Gasteiger partial charge in [-0.15, -0.1) is 0 Å². The second-order valence-electron chi connectivity index (χ2n) is 8.08. The van der Waals surface area contributed by atoms with Gasteiger partial charge in [0.05, 0.1) is 20.8 Å². The average Bonchev–Trinajstić information content (AvgIpc) is 3.28. The lowest BCUT2D eigenvalue weighted by Crippen LogP contribution is -2.55. The van der Waals surface area contributed by atoms with E-state index in [1.165, 1.54) is 4.90 Å². The van der Waals surface area contributed by atoms with Gasteiger partial charge in [0.15, 0.2) is 11.5 Å². The first-order valence-corrected chi connectivity index (χ1v) is 10.8. The third-order valence-corrected chi connectivity index (χ3v) is 5.54. The maximum Gasteiger partial charge on any atom is 0.246 e. The van der Waals surface area contributed by atoms with Crippen molar-refractivity contribution < 1.29 is 28.7 Å². The van der Waals surface area contributed by atoms with Crippen LogP contribution in [0.15, 0.2) is 18.2 Å². The van der Waals surface area contributed by atoms with Crippen LogP contribution in [-0.2, 0) is 25.6 Å². The van der Waals surface area contributed by atoms with E-state index in [0.717, 1.165) is 5.56 Å². The number of benzene rings is 1. The molecule has 1 fully saturated rings. The van der Waals surface area contributed by atoms with Gasteiger partial charge in [-0.1, -0.05) is 19.9 Å². The van der Waals surface area contributed by atoms with Crippen LogP contribution in [0, 0.1) is 5.92 Å². The molecule has 0 spiro atoms. The van der Waals surface area contributed by atoms with E-state index in [1.807, 2.05) is 26.0 Å². The van der Waals surface area contributed by atoms with Crippen LogP contribution in [0.1, 0.15) is 38.7 Å². The minimum absolute atomic E-state index is 0.0855. The van der Waals surface area contributed by atoms with Gasteiger partial charge in [0, 0.05) is 13.0 Å². The van der Waals surface area contributed by atoms with Crippen LogP contribution in [0.4, 0.5) is 0 Å². The van der Waals surface area contributed by atoms with Gasteiger partial charge in [0.1, 0.15) is 18.4 Å². The van der Waals surface area contributed by atoms with E-state index in [-0.39, 0.29) is 36.6 Å². The van der Waals surface area contributed by atoms with Gasteiger partial charge in [-0.25, -0.2) is 0 Å². The molecule has 0 aromatic heterocycles. The predicted molar refractivity (Wildman–Crippen MR) is 118 cm³/mol. The summed E-state index contributed by atoms with van der Waals surface area (Å²) in [7, 11) is 3.11. The van der Waals surface area contributed by atoms with Gasteiger partial charge in [-0.05, 0) is 42.9 Å². The van der Waals surface area contributed by atoms with E-state index in [4.69, 9.17) is 9.47 Å². The summed E-state index contributed by atoms with van der Waals surface area (Å²) in [5.74, 6) is 0.199. The number of rotatable bonds is 11. The summed E-state index contributed by atoms with van der Waals surface area (Å²) in [6, 6.07) is 4.13. The number of aryl methyl sites for hydroxylation is 1. The summed E-state index contributed by atoms with van der Waals surface area (Å²) >= 11 is 0. The lowest BCUT2D eigenvalue weighted by atomic mass is 10.0. The van der Waals surface area contributed by atoms with Crippen molar-refractivity contribution in [1.82, 2.24) is 15.5 Å². The lowest BCUT2D eigenvalue weighted by Gasteiger charge is -2.30. The molecule has 0 bridgehead atoms. The Labute approximate surface area is 188 Å². The molecule has 9 nitrogen and oxygen atoms in total. The van der Waals surface area contributed by atoms with Crippen LogP contribution in [0.3, 0.4) is 0 Å². The van der Waals surface area contributed by atoms with E-state index in [0.29, 0.717) is 43.6 Å². The first-order valence-electron chi connectivity index (χ1n) is 10.8. The number of likely N-dealkylation sites (tertiary alicyclic amines) is 1. The fourth-order valence-electron chi connectivity index (χ4n) is 3.79. The number of amides is 3. The van der Waals surface area contributed by atoms with Crippen molar-refractivity contribution in [3.63, 3.8) is 0 Å². The average molecular weight is 448 g/mol. The molecular weight excluding hydrogens is 414 g/mol. The maximum absolute atomic E-state index is 13.2. The van der Waals surface area contributed by atoms with Gasteiger partial charge >= 0.3 is 0 Å².